The summed E-state index contributed by atoms with van der Waals surface area (Å²) >= 11 is 0. The molecule has 0 aliphatic rings. The summed E-state index contributed by atoms with van der Waals surface area (Å²) in [7, 11) is 1.77. The van der Waals surface area contributed by atoms with Gasteiger partial charge in [-0.25, -0.2) is 4.39 Å². The fourth-order valence-corrected chi connectivity index (χ4v) is 1.52. The molecule has 0 aliphatic carbocycles. The van der Waals surface area contributed by atoms with Gasteiger partial charge in [-0.15, -0.1) is 0 Å². The van der Waals surface area contributed by atoms with Crippen LogP contribution >= 0.6 is 0 Å². The van der Waals surface area contributed by atoms with Crippen molar-refractivity contribution in [1.29, 1.82) is 0 Å². The molecule has 2 rings (SSSR count). The molecule has 0 fully saturated rings. The Morgan fingerprint density at radius 1 is 1.00 bits per heavy atom. The summed E-state index contributed by atoms with van der Waals surface area (Å²) in [5, 5.41) is 2.91. The standard InChI is InChI=1S/C13H12FN/c1-15-11-7-8-12(13(14)9-11)10-5-3-2-4-6-10/h2-9,15H,1H3. The molecule has 1 nitrogen and oxygen atoms in total. The maximum absolute atomic E-state index is 13.7. The van der Waals surface area contributed by atoms with Gasteiger partial charge in [-0.2, -0.15) is 0 Å². The van der Waals surface area contributed by atoms with Crippen LogP contribution in [0.25, 0.3) is 11.1 Å². The molecule has 15 heavy (non-hydrogen) atoms. The van der Waals surface area contributed by atoms with Gasteiger partial charge in [0.2, 0.25) is 0 Å². The fraction of sp³-hybridized carbons (Fsp3) is 0.0769. The minimum absolute atomic E-state index is 0.201. The van der Waals surface area contributed by atoms with E-state index < -0.39 is 0 Å². The van der Waals surface area contributed by atoms with Crippen molar-refractivity contribution in [2.24, 2.45) is 0 Å². The second-order valence-corrected chi connectivity index (χ2v) is 3.31. The highest BCUT2D eigenvalue weighted by atomic mass is 19.1. The van der Waals surface area contributed by atoms with Crippen LogP contribution in [0.4, 0.5) is 10.1 Å². The third kappa shape index (κ3) is 1.99. The average Bonchev–Trinajstić information content (AvgIpc) is 2.30. The summed E-state index contributed by atoms with van der Waals surface area (Å²) in [4.78, 5) is 0. The lowest BCUT2D eigenvalue weighted by atomic mass is 10.0. The van der Waals surface area contributed by atoms with Gasteiger partial charge in [0.1, 0.15) is 5.82 Å². The smallest absolute Gasteiger partial charge is 0.133 e. The molecule has 0 amide bonds. The highest BCUT2D eigenvalue weighted by Gasteiger charge is 2.04. The van der Waals surface area contributed by atoms with Crippen LogP contribution in [0.1, 0.15) is 0 Å². The average molecular weight is 201 g/mol. The van der Waals surface area contributed by atoms with Crippen LogP contribution in [0.15, 0.2) is 48.5 Å². The Balaban J connectivity index is 2.46. The molecule has 2 heteroatoms. The first kappa shape index (κ1) is 9.71. The van der Waals surface area contributed by atoms with E-state index in [-0.39, 0.29) is 5.82 Å². The van der Waals surface area contributed by atoms with Crippen molar-refractivity contribution in [2.75, 3.05) is 12.4 Å². The molecule has 0 radical (unpaired) electrons. The predicted octanol–water partition coefficient (Wildman–Crippen LogP) is 3.53. The van der Waals surface area contributed by atoms with Crippen LogP contribution in [0.2, 0.25) is 0 Å². The van der Waals surface area contributed by atoms with E-state index in [1.165, 1.54) is 6.07 Å². The van der Waals surface area contributed by atoms with E-state index in [1.807, 2.05) is 36.4 Å². The minimum Gasteiger partial charge on any atom is -0.388 e. The molecule has 0 saturated carbocycles. The molecule has 76 valence electrons. The Morgan fingerprint density at radius 2 is 1.73 bits per heavy atom. The zero-order valence-corrected chi connectivity index (χ0v) is 8.50. The number of nitrogens with one attached hydrogen (secondary N) is 1. The molecule has 2 aromatic carbocycles. The number of hydrogen-bond donors (Lipinski definition) is 1. The minimum atomic E-state index is -0.201. The van der Waals surface area contributed by atoms with Crippen molar-refractivity contribution in [1.82, 2.24) is 0 Å². The predicted molar refractivity (Wildman–Crippen MR) is 61.4 cm³/mol. The SMILES string of the molecule is CNc1ccc(-c2ccccc2)c(F)c1. The van der Waals surface area contributed by atoms with E-state index in [1.54, 1.807) is 13.1 Å². The molecule has 0 saturated heterocycles. The fourth-order valence-electron chi connectivity index (χ4n) is 1.52. The van der Waals surface area contributed by atoms with Gasteiger partial charge in [-0.05, 0) is 23.8 Å². The van der Waals surface area contributed by atoms with Crippen molar-refractivity contribution in [2.45, 2.75) is 0 Å². The second kappa shape index (κ2) is 4.13. The van der Waals surface area contributed by atoms with Gasteiger partial charge in [-0.3, -0.25) is 0 Å². The summed E-state index contributed by atoms with van der Waals surface area (Å²) in [6, 6.07) is 14.7. The molecule has 0 unspecified atom stereocenters. The second-order valence-electron chi connectivity index (χ2n) is 3.31. The zero-order valence-electron chi connectivity index (χ0n) is 8.50. The first-order valence-corrected chi connectivity index (χ1v) is 4.84. The zero-order chi connectivity index (χ0) is 10.7. The Hall–Kier alpha value is -1.83. The number of halogens is 1. The Kier molecular flexibility index (Phi) is 2.68. The third-order valence-electron chi connectivity index (χ3n) is 2.34. The largest absolute Gasteiger partial charge is 0.388 e. The lowest BCUT2D eigenvalue weighted by Gasteiger charge is -2.05. The van der Waals surface area contributed by atoms with Gasteiger partial charge in [0.15, 0.2) is 0 Å². The van der Waals surface area contributed by atoms with E-state index in [0.29, 0.717) is 5.56 Å². The summed E-state index contributed by atoms with van der Waals surface area (Å²) in [6.45, 7) is 0. The van der Waals surface area contributed by atoms with Gasteiger partial charge >= 0.3 is 0 Å². The van der Waals surface area contributed by atoms with Gasteiger partial charge in [0, 0.05) is 18.3 Å². The Bertz CT molecular complexity index is 451. The van der Waals surface area contributed by atoms with Crippen LogP contribution in [-0.4, -0.2) is 7.05 Å². The monoisotopic (exact) mass is 201 g/mol. The molecule has 0 heterocycles. The molecule has 2 aromatic rings. The summed E-state index contributed by atoms with van der Waals surface area (Å²) in [5.41, 5.74) is 2.32. The first-order valence-electron chi connectivity index (χ1n) is 4.84. The number of anilines is 1. The van der Waals surface area contributed by atoms with Crippen LogP contribution in [0.3, 0.4) is 0 Å². The molecular formula is C13H12FN. The van der Waals surface area contributed by atoms with Crippen LogP contribution in [-0.2, 0) is 0 Å². The molecule has 0 aliphatic heterocycles. The molecule has 0 aromatic heterocycles. The van der Waals surface area contributed by atoms with Crippen molar-refractivity contribution < 1.29 is 4.39 Å². The van der Waals surface area contributed by atoms with Crippen molar-refractivity contribution in [3.05, 3.63) is 54.3 Å². The van der Waals surface area contributed by atoms with E-state index >= 15 is 0 Å². The molecule has 0 atom stereocenters. The maximum Gasteiger partial charge on any atom is 0.133 e. The van der Waals surface area contributed by atoms with Crippen LogP contribution in [0, 0.1) is 5.82 Å². The number of rotatable bonds is 2. The van der Waals surface area contributed by atoms with Crippen molar-refractivity contribution >= 4 is 5.69 Å². The van der Waals surface area contributed by atoms with Crippen LogP contribution < -0.4 is 5.32 Å². The summed E-state index contributed by atoms with van der Waals surface area (Å²) < 4.78 is 13.7. The van der Waals surface area contributed by atoms with Crippen molar-refractivity contribution in [3.8, 4) is 11.1 Å². The highest BCUT2D eigenvalue weighted by Crippen LogP contribution is 2.24. The van der Waals surface area contributed by atoms with Gasteiger partial charge in [0.05, 0.1) is 0 Å². The van der Waals surface area contributed by atoms with Crippen molar-refractivity contribution in [3.63, 3.8) is 0 Å². The topological polar surface area (TPSA) is 12.0 Å². The molecule has 0 bridgehead atoms. The number of benzene rings is 2. The highest BCUT2D eigenvalue weighted by molar-refractivity contribution is 5.66. The number of hydrogen-bond acceptors (Lipinski definition) is 1. The summed E-state index contributed by atoms with van der Waals surface area (Å²) in [6.07, 6.45) is 0. The molecule has 1 N–H and O–H groups in total. The van der Waals surface area contributed by atoms with Crippen LogP contribution in [0.5, 0.6) is 0 Å². The maximum atomic E-state index is 13.7. The normalized spacial score (nSPS) is 10.0. The van der Waals surface area contributed by atoms with E-state index in [0.717, 1.165) is 11.3 Å². The van der Waals surface area contributed by atoms with E-state index in [9.17, 15) is 4.39 Å². The quantitative estimate of drug-likeness (QED) is 0.783. The van der Waals surface area contributed by atoms with E-state index in [4.69, 9.17) is 0 Å². The van der Waals surface area contributed by atoms with Gasteiger partial charge in [0.25, 0.3) is 0 Å². The third-order valence-corrected chi connectivity index (χ3v) is 2.34. The van der Waals surface area contributed by atoms with E-state index in [2.05, 4.69) is 5.32 Å². The lowest BCUT2D eigenvalue weighted by Crippen LogP contribution is -1.90. The van der Waals surface area contributed by atoms with Gasteiger partial charge in [-0.1, -0.05) is 30.3 Å². The van der Waals surface area contributed by atoms with Gasteiger partial charge < -0.3 is 5.32 Å². The Morgan fingerprint density at radius 3 is 2.33 bits per heavy atom. The molecular weight excluding hydrogens is 189 g/mol. The summed E-state index contributed by atoms with van der Waals surface area (Å²) in [5.74, 6) is -0.201. The first-order chi connectivity index (χ1) is 7.31. The Labute approximate surface area is 88.6 Å². The molecule has 0 spiro atoms. The lowest BCUT2D eigenvalue weighted by molar-refractivity contribution is 0.632.